The Kier molecular flexibility index (Phi) is 4.36. The lowest BCUT2D eigenvalue weighted by Gasteiger charge is -2.16. The predicted octanol–water partition coefficient (Wildman–Crippen LogP) is 2.83. The molecule has 26 heavy (non-hydrogen) atoms. The van der Waals surface area contributed by atoms with Crippen LogP contribution in [0.2, 0.25) is 0 Å². The molecule has 2 N–H and O–H groups in total. The van der Waals surface area contributed by atoms with Crippen LogP contribution in [-0.2, 0) is 13.6 Å². The number of para-hydroxylation sites is 1. The second kappa shape index (κ2) is 6.82. The average molecular weight is 352 g/mol. The Bertz CT molecular complexity index is 904. The maximum absolute atomic E-state index is 5.96. The highest BCUT2D eigenvalue weighted by molar-refractivity contribution is 5.81. The number of hydrogen-bond acceptors (Lipinski definition) is 4. The first-order valence-electron chi connectivity index (χ1n) is 9.01. The Balaban J connectivity index is 1.50. The minimum absolute atomic E-state index is 0.00799. The fourth-order valence-corrected chi connectivity index (χ4v) is 2.78. The first kappa shape index (κ1) is 16.6. The van der Waals surface area contributed by atoms with Crippen LogP contribution in [0, 0.1) is 6.92 Å². The zero-order valence-electron chi connectivity index (χ0n) is 15.4. The van der Waals surface area contributed by atoms with E-state index in [9.17, 15) is 0 Å². The quantitative estimate of drug-likeness (QED) is 0.545. The van der Waals surface area contributed by atoms with Crippen LogP contribution in [0.5, 0.6) is 0 Å². The molecule has 1 aliphatic carbocycles. The number of nitrogens with zero attached hydrogens (tertiary/aromatic N) is 4. The summed E-state index contributed by atoms with van der Waals surface area (Å²) in [6.45, 7) is 4.49. The van der Waals surface area contributed by atoms with E-state index in [0.29, 0.717) is 12.6 Å². The number of rotatable bonds is 5. The van der Waals surface area contributed by atoms with Gasteiger partial charge in [-0.25, -0.2) is 4.99 Å². The molecule has 1 saturated carbocycles. The molecular weight excluding hydrogens is 328 g/mol. The molecule has 1 unspecified atom stereocenters. The summed E-state index contributed by atoms with van der Waals surface area (Å²) in [6.07, 6.45) is 2.37. The van der Waals surface area contributed by atoms with Crippen molar-refractivity contribution in [2.45, 2.75) is 45.3 Å². The van der Waals surface area contributed by atoms with Crippen molar-refractivity contribution >= 4 is 16.9 Å². The van der Waals surface area contributed by atoms with Crippen LogP contribution in [0.1, 0.15) is 43.2 Å². The second-order valence-electron chi connectivity index (χ2n) is 6.86. The number of aryl methyl sites for hydroxylation is 1. The number of guanidine groups is 1. The molecule has 2 aromatic heterocycles. The molecule has 1 fully saturated rings. The molecule has 0 saturated heterocycles. The van der Waals surface area contributed by atoms with Gasteiger partial charge in [-0.1, -0.05) is 18.2 Å². The molecule has 1 aliphatic rings. The Morgan fingerprint density at radius 1 is 1.35 bits per heavy atom. The highest BCUT2D eigenvalue weighted by Crippen LogP contribution is 2.24. The zero-order valence-corrected chi connectivity index (χ0v) is 15.4. The Morgan fingerprint density at radius 3 is 2.85 bits per heavy atom. The van der Waals surface area contributed by atoms with Crippen LogP contribution in [-0.4, -0.2) is 26.8 Å². The van der Waals surface area contributed by atoms with Crippen molar-refractivity contribution in [3.8, 4) is 0 Å². The molecule has 0 spiro atoms. The fourth-order valence-electron chi connectivity index (χ4n) is 2.78. The van der Waals surface area contributed by atoms with E-state index in [4.69, 9.17) is 9.41 Å². The van der Waals surface area contributed by atoms with E-state index >= 15 is 0 Å². The van der Waals surface area contributed by atoms with E-state index in [-0.39, 0.29) is 6.04 Å². The van der Waals surface area contributed by atoms with Crippen molar-refractivity contribution in [2.24, 2.45) is 12.0 Å². The third-order valence-corrected chi connectivity index (χ3v) is 4.70. The van der Waals surface area contributed by atoms with Crippen molar-refractivity contribution in [3.05, 3.63) is 47.7 Å². The molecule has 0 radical (unpaired) electrons. The van der Waals surface area contributed by atoms with Crippen LogP contribution in [0.4, 0.5) is 0 Å². The van der Waals surface area contributed by atoms with E-state index in [0.717, 1.165) is 34.3 Å². The van der Waals surface area contributed by atoms with Crippen LogP contribution in [0.3, 0.4) is 0 Å². The first-order valence-corrected chi connectivity index (χ1v) is 9.01. The van der Waals surface area contributed by atoms with E-state index in [1.807, 2.05) is 36.7 Å². The topological polar surface area (TPSA) is 80.3 Å². The SMILES string of the molecule is Cc1nnc(CN=C(NC2CC2)NC(C)c2cc3ccccc3o2)n1C. The summed E-state index contributed by atoms with van der Waals surface area (Å²) < 4.78 is 7.92. The third-order valence-electron chi connectivity index (χ3n) is 4.70. The van der Waals surface area contributed by atoms with Gasteiger partial charge in [0, 0.05) is 18.5 Å². The second-order valence-corrected chi connectivity index (χ2v) is 6.86. The zero-order chi connectivity index (χ0) is 18.1. The van der Waals surface area contributed by atoms with Gasteiger partial charge in [-0.2, -0.15) is 0 Å². The number of furan rings is 1. The van der Waals surface area contributed by atoms with E-state index < -0.39 is 0 Å². The van der Waals surface area contributed by atoms with Gasteiger partial charge in [0.1, 0.15) is 23.7 Å². The summed E-state index contributed by atoms with van der Waals surface area (Å²) in [5, 5.41) is 16.3. The lowest BCUT2D eigenvalue weighted by atomic mass is 10.2. The summed E-state index contributed by atoms with van der Waals surface area (Å²) in [5.41, 5.74) is 0.902. The molecule has 7 heteroatoms. The van der Waals surface area contributed by atoms with Gasteiger partial charge < -0.3 is 19.6 Å². The van der Waals surface area contributed by atoms with Crippen LogP contribution >= 0.6 is 0 Å². The average Bonchev–Trinajstić information content (AvgIpc) is 3.25. The molecule has 2 heterocycles. The molecule has 136 valence electrons. The monoisotopic (exact) mass is 352 g/mol. The predicted molar refractivity (Wildman–Crippen MR) is 101 cm³/mol. The molecule has 3 aromatic rings. The number of aliphatic imine (C=N–C) groups is 1. The summed E-state index contributed by atoms with van der Waals surface area (Å²) >= 11 is 0. The molecule has 0 amide bonds. The largest absolute Gasteiger partial charge is 0.459 e. The summed E-state index contributed by atoms with van der Waals surface area (Å²) in [5.74, 6) is 3.40. The summed E-state index contributed by atoms with van der Waals surface area (Å²) in [4.78, 5) is 4.70. The van der Waals surface area contributed by atoms with Gasteiger partial charge in [-0.3, -0.25) is 0 Å². The van der Waals surface area contributed by atoms with E-state index in [2.05, 4.69) is 39.9 Å². The molecular formula is C19H24N6O. The Hall–Kier alpha value is -2.83. The minimum atomic E-state index is 0.00799. The molecule has 4 rings (SSSR count). The van der Waals surface area contributed by atoms with Gasteiger partial charge >= 0.3 is 0 Å². The van der Waals surface area contributed by atoms with Gasteiger partial charge in [0.05, 0.1) is 6.04 Å². The van der Waals surface area contributed by atoms with E-state index in [1.54, 1.807) is 0 Å². The lowest BCUT2D eigenvalue weighted by Crippen LogP contribution is -2.40. The van der Waals surface area contributed by atoms with Gasteiger partial charge in [-0.05, 0) is 38.8 Å². The Labute approximate surface area is 152 Å². The van der Waals surface area contributed by atoms with Gasteiger partial charge in [0.15, 0.2) is 11.8 Å². The number of nitrogens with one attached hydrogen (secondary N) is 2. The molecule has 7 nitrogen and oxygen atoms in total. The normalized spacial score (nSPS) is 16.0. The Morgan fingerprint density at radius 2 is 2.15 bits per heavy atom. The van der Waals surface area contributed by atoms with Gasteiger partial charge in [-0.15, -0.1) is 10.2 Å². The lowest BCUT2D eigenvalue weighted by molar-refractivity contribution is 0.488. The minimum Gasteiger partial charge on any atom is -0.459 e. The fraction of sp³-hybridized carbons (Fsp3) is 0.421. The van der Waals surface area contributed by atoms with Crippen LogP contribution in [0.25, 0.3) is 11.0 Å². The summed E-state index contributed by atoms with van der Waals surface area (Å²) in [7, 11) is 1.96. The molecule has 1 aromatic carbocycles. The third kappa shape index (κ3) is 3.56. The van der Waals surface area contributed by atoms with Crippen molar-refractivity contribution < 1.29 is 4.42 Å². The van der Waals surface area contributed by atoms with Crippen molar-refractivity contribution in [2.75, 3.05) is 0 Å². The molecule has 1 atom stereocenters. The number of benzene rings is 1. The first-order chi connectivity index (χ1) is 12.6. The summed E-state index contributed by atoms with van der Waals surface area (Å²) in [6, 6.07) is 10.6. The van der Waals surface area contributed by atoms with Gasteiger partial charge in [0.25, 0.3) is 0 Å². The maximum Gasteiger partial charge on any atom is 0.192 e. The highest BCUT2D eigenvalue weighted by atomic mass is 16.3. The smallest absolute Gasteiger partial charge is 0.192 e. The maximum atomic E-state index is 5.96. The number of aromatic nitrogens is 3. The van der Waals surface area contributed by atoms with E-state index in [1.165, 1.54) is 12.8 Å². The van der Waals surface area contributed by atoms with Crippen molar-refractivity contribution in [3.63, 3.8) is 0 Å². The van der Waals surface area contributed by atoms with Crippen molar-refractivity contribution in [1.29, 1.82) is 0 Å². The van der Waals surface area contributed by atoms with Crippen molar-refractivity contribution in [1.82, 2.24) is 25.4 Å². The molecule has 0 aliphatic heterocycles. The van der Waals surface area contributed by atoms with Gasteiger partial charge in [0.2, 0.25) is 0 Å². The standard InChI is InChI=1S/C19H24N6O/c1-12(17-10-14-6-4-5-7-16(14)26-17)21-19(22-15-8-9-15)20-11-18-24-23-13(2)25(18)3/h4-7,10,12,15H,8-9,11H2,1-3H3,(H2,20,21,22). The van der Waals surface area contributed by atoms with Crippen LogP contribution in [0.15, 0.2) is 39.7 Å². The number of hydrogen-bond donors (Lipinski definition) is 2. The van der Waals surface area contributed by atoms with Crippen LogP contribution < -0.4 is 10.6 Å². The number of fused-ring (bicyclic) bond motifs is 1. The molecule has 0 bridgehead atoms. The highest BCUT2D eigenvalue weighted by Gasteiger charge is 2.23.